The molecule has 0 fully saturated rings. The van der Waals surface area contributed by atoms with Gasteiger partial charge in [-0.05, 0) is 63.1 Å². The zero-order chi connectivity index (χ0) is 24.9. The molecule has 0 unspecified atom stereocenters. The molecule has 0 bridgehead atoms. The number of ether oxygens (including phenoxy) is 2. The monoisotopic (exact) mass is 491 g/mol. The molecule has 0 amide bonds. The Labute approximate surface area is 199 Å². The highest BCUT2D eigenvalue weighted by Gasteiger charge is 2.30. The van der Waals surface area contributed by atoms with Crippen molar-refractivity contribution in [2.75, 3.05) is 13.2 Å². The number of aryl methyl sites for hydroxylation is 3. The van der Waals surface area contributed by atoms with Crippen molar-refractivity contribution in [2.45, 2.75) is 39.8 Å². The van der Waals surface area contributed by atoms with Crippen LogP contribution in [-0.2, 0) is 22.1 Å². The second-order valence-corrected chi connectivity index (χ2v) is 8.68. The summed E-state index contributed by atoms with van der Waals surface area (Å²) >= 11 is 1.37. The highest BCUT2D eigenvalue weighted by molar-refractivity contribution is 7.15. The fourth-order valence-electron chi connectivity index (χ4n) is 3.28. The van der Waals surface area contributed by atoms with Crippen molar-refractivity contribution in [3.05, 3.63) is 69.7 Å². The average Bonchev–Trinajstić information content (AvgIpc) is 3.16. The van der Waals surface area contributed by atoms with Crippen LogP contribution in [0.25, 0.3) is 10.6 Å². The lowest BCUT2D eigenvalue weighted by molar-refractivity contribution is -0.145. The van der Waals surface area contributed by atoms with Crippen LogP contribution in [0.3, 0.4) is 0 Å². The van der Waals surface area contributed by atoms with Gasteiger partial charge in [-0.15, -0.1) is 11.3 Å². The number of alkyl halides is 3. The van der Waals surface area contributed by atoms with Crippen LogP contribution in [0.15, 0.2) is 42.5 Å². The molecule has 34 heavy (non-hydrogen) atoms. The van der Waals surface area contributed by atoms with Crippen LogP contribution in [0.4, 0.5) is 13.2 Å². The Kier molecular flexibility index (Phi) is 8.09. The van der Waals surface area contributed by atoms with E-state index >= 15 is 0 Å². The minimum Gasteiger partial charge on any atom is -0.482 e. The second-order valence-electron chi connectivity index (χ2n) is 7.60. The average molecular weight is 492 g/mol. The molecular weight excluding hydrogens is 467 g/mol. The van der Waals surface area contributed by atoms with Gasteiger partial charge in [0.1, 0.15) is 10.8 Å². The maximum atomic E-state index is 12.8. The van der Waals surface area contributed by atoms with Crippen LogP contribution in [-0.4, -0.2) is 30.0 Å². The first kappa shape index (κ1) is 25.4. The van der Waals surface area contributed by atoms with E-state index in [1.165, 1.54) is 23.5 Å². The molecule has 0 atom stereocenters. The number of thiazole rings is 1. The molecule has 0 saturated heterocycles. The molecule has 0 radical (unpaired) electrons. The molecule has 3 rings (SSSR count). The number of hydrogen-bond donors (Lipinski definition) is 0. The number of esters is 1. The molecule has 0 aliphatic carbocycles. The van der Waals surface area contributed by atoms with Gasteiger partial charge in [-0.1, -0.05) is 12.1 Å². The summed E-state index contributed by atoms with van der Waals surface area (Å²) in [5.41, 5.74) is 1.92. The molecule has 0 aliphatic rings. The normalized spacial score (nSPS) is 11.4. The van der Waals surface area contributed by atoms with Crippen LogP contribution in [0.5, 0.6) is 5.75 Å². The van der Waals surface area contributed by atoms with Crippen molar-refractivity contribution < 1.29 is 32.2 Å². The third-order valence-corrected chi connectivity index (χ3v) is 6.34. The second kappa shape index (κ2) is 10.8. The third-order valence-electron chi connectivity index (χ3n) is 5.08. The maximum absolute atomic E-state index is 12.8. The third kappa shape index (κ3) is 6.44. The molecule has 5 nitrogen and oxygen atoms in total. The standard InChI is InChI=1S/C25H24F3NO4S/c1-4-32-23(31)14-33-21-11-7-18(13-15(21)2)20(30)10-12-22-16(3)29-24(34-22)17-5-8-19(9-6-17)25(26,27)28/h5-9,11,13H,4,10,12,14H2,1-3H3. The first-order valence-electron chi connectivity index (χ1n) is 10.6. The molecular formula is C25H24F3NO4S. The Bertz CT molecular complexity index is 1170. The minimum atomic E-state index is -4.38. The van der Waals surface area contributed by atoms with Gasteiger partial charge in [-0.2, -0.15) is 13.2 Å². The van der Waals surface area contributed by atoms with Crippen molar-refractivity contribution >= 4 is 23.1 Å². The highest BCUT2D eigenvalue weighted by Crippen LogP contribution is 2.33. The van der Waals surface area contributed by atoms with Crippen LogP contribution >= 0.6 is 11.3 Å². The van der Waals surface area contributed by atoms with E-state index in [0.29, 0.717) is 28.3 Å². The van der Waals surface area contributed by atoms with E-state index in [1.54, 1.807) is 32.0 Å². The number of rotatable bonds is 9. The topological polar surface area (TPSA) is 65.5 Å². The smallest absolute Gasteiger partial charge is 0.416 e. The molecule has 0 saturated carbocycles. The Morgan fingerprint density at radius 3 is 2.38 bits per heavy atom. The molecule has 9 heteroatoms. The first-order chi connectivity index (χ1) is 16.1. The predicted octanol–water partition coefficient (Wildman–Crippen LogP) is 6.20. The van der Waals surface area contributed by atoms with Crippen LogP contribution in [0.2, 0.25) is 0 Å². The molecule has 0 spiro atoms. The van der Waals surface area contributed by atoms with Crippen molar-refractivity contribution in [3.8, 4) is 16.3 Å². The van der Waals surface area contributed by atoms with E-state index in [2.05, 4.69) is 4.98 Å². The van der Waals surface area contributed by atoms with Crippen LogP contribution < -0.4 is 4.74 Å². The Hall–Kier alpha value is -3.20. The van der Waals surface area contributed by atoms with E-state index < -0.39 is 17.7 Å². The van der Waals surface area contributed by atoms with Gasteiger partial charge in [0.15, 0.2) is 12.4 Å². The largest absolute Gasteiger partial charge is 0.482 e. The van der Waals surface area contributed by atoms with Gasteiger partial charge in [-0.25, -0.2) is 9.78 Å². The summed E-state index contributed by atoms with van der Waals surface area (Å²) < 4.78 is 48.6. The van der Waals surface area contributed by atoms with Crippen LogP contribution in [0.1, 0.15) is 45.4 Å². The lowest BCUT2D eigenvalue weighted by Crippen LogP contribution is -2.15. The van der Waals surface area contributed by atoms with Gasteiger partial charge in [0.05, 0.1) is 17.9 Å². The fourth-order valence-corrected chi connectivity index (χ4v) is 4.35. The van der Waals surface area contributed by atoms with E-state index in [9.17, 15) is 22.8 Å². The lowest BCUT2D eigenvalue weighted by atomic mass is 10.0. The summed E-state index contributed by atoms with van der Waals surface area (Å²) in [4.78, 5) is 29.5. The molecule has 2 aromatic carbocycles. The zero-order valence-corrected chi connectivity index (χ0v) is 19.8. The summed E-state index contributed by atoms with van der Waals surface area (Å²) in [6.07, 6.45) is -3.65. The summed E-state index contributed by atoms with van der Waals surface area (Å²) in [6.45, 7) is 5.41. The van der Waals surface area contributed by atoms with E-state index in [0.717, 1.165) is 28.3 Å². The number of benzene rings is 2. The number of hydrogen-bond acceptors (Lipinski definition) is 6. The summed E-state index contributed by atoms with van der Waals surface area (Å²) in [6, 6.07) is 9.92. The summed E-state index contributed by atoms with van der Waals surface area (Å²) in [5, 5.41) is 0.618. The van der Waals surface area contributed by atoms with E-state index in [-0.39, 0.29) is 25.4 Å². The Morgan fingerprint density at radius 2 is 1.76 bits per heavy atom. The fraction of sp³-hybridized carbons (Fsp3) is 0.320. The maximum Gasteiger partial charge on any atom is 0.416 e. The lowest BCUT2D eigenvalue weighted by Gasteiger charge is -2.10. The number of aromatic nitrogens is 1. The van der Waals surface area contributed by atoms with Crippen molar-refractivity contribution in [1.82, 2.24) is 4.98 Å². The van der Waals surface area contributed by atoms with Crippen molar-refractivity contribution in [1.29, 1.82) is 0 Å². The van der Waals surface area contributed by atoms with Gasteiger partial charge >= 0.3 is 12.1 Å². The molecule has 0 N–H and O–H groups in total. The van der Waals surface area contributed by atoms with E-state index in [1.807, 2.05) is 6.92 Å². The molecule has 180 valence electrons. The molecule has 1 aromatic heterocycles. The summed E-state index contributed by atoms with van der Waals surface area (Å²) in [5.74, 6) is -0.00865. The quantitative estimate of drug-likeness (QED) is 0.263. The summed E-state index contributed by atoms with van der Waals surface area (Å²) in [7, 11) is 0. The Balaban J connectivity index is 1.62. The van der Waals surface area contributed by atoms with E-state index in [4.69, 9.17) is 9.47 Å². The number of nitrogens with zero attached hydrogens (tertiary/aromatic N) is 1. The van der Waals surface area contributed by atoms with Gasteiger partial charge in [0.2, 0.25) is 0 Å². The van der Waals surface area contributed by atoms with Crippen molar-refractivity contribution in [3.63, 3.8) is 0 Å². The highest BCUT2D eigenvalue weighted by atomic mass is 32.1. The van der Waals surface area contributed by atoms with Gasteiger partial charge in [0, 0.05) is 22.4 Å². The molecule has 3 aromatic rings. The van der Waals surface area contributed by atoms with Crippen molar-refractivity contribution in [2.24, 2.45) is 0 Å². The zero-order valence-electron chi connectivity index (χ0n) is 19.0. The Morgan fingerprint density at radius 1 is 1.06 bits per heavy atom. The van der Waals surface area contributed by atoms with Gasteiger partial charge < -0.3 is 9.47 Å². The number of ketones is 1. The minimum absolute atomic E-state index is 0.0519. The predicted molar refractivity (Wildman–Crippen MR) is 123 cm³/mol. The number of carbonyl (C=O) groups is 2. The molecule has 0 aliphatic heterocycles. The SMILES string of the molecule is CCOC(=O)COc1ccc(C(=O)CCc2sc(-c3ccc(C(F)(F)F)cc3)nc2C)cc1C. The first-order valence-corrected chi connectivity index (χ1v) is 11.5. The van der Waals surface area contributed by atoms with Gasteiger partial charge in [-0.3, -0.25) is 4.79 Å². The van der Waals surface area contributed by atoms with Gasteiger partial charge in [0.25, 0.3) is 0 Å². The number of Topliss-reactive ketones (excluding diaryl/α,β-unsaturated/α-hetero) is 1. The van der Waals surface area contributed by atoms with Crippen LogP contribution in [0, 0.1) is 13.8 Å². The molecule has 1 heterocycles. The number of carbonyl (C=O) groups excluding carboxylic acids is 2. The number of halogens is 3.